The number of nitrogens with one attached hydrogen (secondary N) is 1. The van der Waals surface area contributed by atoms with Crippen molar-refractivity contribution in [3.63, 3.8) is 0 Å². The second-order valence-corrected chi connectivity index (χ2v) is 9.12. The minimum atomic E-state index is -0.643. The first-order valence-electron chi connectivity index (χ1n) is 9.64. The van der Waals surface area contributed by atoms with E-state index in [9.17, 15) is 9.18 Å². The van der Waals surface area contributed by atoms with Crippen LogP contribution in [0.5, 0.6) is 0 Å². The topological polar surface area (TPSA) is 77.2 Å². The summed E-state index contributed by atoms with van der Waals surface area (Å²) in [7, 11) is 0. The molecule has 2 aromatic carbocycles. The fourth-order valence-corrected chi connectivity index (χ4v) is 3.84. The predicted molar refractivity (Wildman–Crippen MR) is 118 cm³/mol. The molecule has 1 heterocycles. The molecule has 0 spiro atoms. The fraction of sp³-hybridized carbons (Fsp3) is 0.318. The summed E-state index contributed by atoms with van der Waals surface area (Å²) in [6.45, 7) is 5.36. The number of carbonyl (C=O) groups is 1. The Hall–Kier alpha value is -2.58. The standard InChI is InChI=1S/C22H23ClFN3O3S/c1-22(2,3)30-20(28)25-18(12-14-8-5-4-6-9-14)19-26-27-21(29-19)31-13-15-16(23)10-7-11-17(15)24/h4-11,18H,12-13H2,1-3H3,(H,25,28)/t18-/m1/s1. The lowest BCUT2D eigenvalue weighted by molar-refractivity contribution is 0.0494. The van der Waals surface area contributed by atoms with Gasteiger partial charge in [0.25, 0.3) is 5.22 Å². The minimum absolute atomic E-state index is 0.232. The summed E-state index contributed by atoms with van der Waals surface area (Å²) in [5.41, 5.74) is 0.701. The molecular formula is C22H23ClFN3O3S. The van der Waals surface area contributed by atoms with E-state index in [-0.39, 0.29) is 16.9 Å². The van der Waals surface area contributed by atoms with Gasteiger partial charge in [-0.2, -0.15) is 0 Å². The zero-order valence-electron chi connectivity index (χ0n) is 17.4. The number of hydrogen-bond acceptors (Lipinski definition) is 6. The molecule has 0 aliphatic carbocycles. The molecule has 0 fully saturated rings. The summed E-state index contributed by atoms with van der Waals surface area (Å²) in [4.78, 5) is 12.3. The molecule has 9 heteroatoms. The van der Waals surface area contributed by atoms with Gasteiger partial charge >= 0.3 is 6.09 Å². The van der Waals surface area contributed by atoms with E-state index in [0.29, 0.717) is 17.0 Å². The molecule has 1 atom stereocenters. The highest BCUT2D eigenvalue weighted by Crippen LogP contribution is 2.29. The molecular weight excluding hydrogens is 441 g/mol. The number of carbonyl (C=O) groups excluding carboxylic acids is 1. The van der Waals surface area contributed by atoms with Crippen LogP contribution in [-0.4, -0.2) is 21.9 Å². The van der Waals surface area contributed by atoms with Gasteiger partial charge in [0.1, 0.15) is 17.5 Å². The maximum atomic E-state index is 14.0. The number of hydrogen-bond donors (Lipinski definition) is 1. The van der Waals surface area contributed by atoms with Gasteiger partial charge in [-0.15, -0.1) is 10.2 Å². The largest absolute Gasteiger partial charge is 0.444 e. The van der Waals surface area contributed by atoms with Gasteiger partial charge in [-0.1, -0.05) is 59.8 Å². The van der Waals surface area contributed by atoms with E-state index in [1.807, 2.05) is 30.3 Å². The maximum absolute atomic E-state index is 14.0. The van der Waals surface area contributed by atoms with Crippen LogP contribution in [0.15, 0.2) is 58.2 Å². The van der Waals surface area contributed by atoms with Crippen LogP contribution in [0.3, 0.4) is 0 Å². The van der Waals surface area contributed by atoms with E-state index in [4.69, 9.17) is 20.8 Å². The van der Waals surface area contributed by atoms with Crippen molar-refractivity contribution in [1.29, 1.82) is 0 Å². The van der Waals surface area contributed by atoms with Gasteiger partial charge < -0.3 is 14.5 Å². The van der Waals surface area contributed by atoms with E-state index >= 15 is 0 Å². The van der Waals surface area contributed by atoms with Crippen LogP contribution in [0, 0.1) is 5.82 Å². The highest BCUT2D eigenvalue weighted by molar-refractivity contribution is 7.98. The Bertz CT molecular complexity index is 1000. The van der Waals surface area contributed by atoms with E-state index in [1.54, 1.807) is 32.9 Å². The maximum Gasteiger partial charge on any atom is 0.408 e. The average molecular weight is 464 g/mol. The first-order chi connectivity index (χ1) is 14.7. The molecule has 1 amide bonds. The van der Waals surface area contributed by atoms with Crippen molar-refractivity contribution in [2.45, 2.75) is 49.8 Å². The van der Waals surface area contributed by atoms with Gasteiger partial charge in [0, 0.05) is 22.8 Å². The molecule has 0 saturated heterocycles. The van der Waals surface area contributed by atoms with Gasteiger partial charge in [0.2, 0.25) is 5.89 Å². The lowest BCUT2D eigenvalue weighted by atomic mass is 10.1. The lowest BCUT2D eigenvalue weighted by Gasteiger charge is -2.22. The Morgan fingerprint density at radius 1 is 1.19 bits per heavy atom. The summed E-state index contributed by atoms with van der Waals surface area (Å²) >= 11 is 7.24. The summed E-state index contributed by atoms with van der Waals surface area (Å²) in [6, 6.07) is 13.5. The van der Waals surface area contributed by atoms with Gasteiger partial charge in [0.15, 0.2) is 0 Å². The first kappa shape index (κ1) is 23.1. The van der Waals surface area contributed by atoms with Crippen molar-refractivity contribution in [1.82, 2.24) is 15.5 Å². The average Bonchev–Trinajstić information content (AvgIpc) is 3.15. The fourth-order valence-electron chi connectivity index (χ4n) is 2.72. The number of alkyl carbamates (subject to hydrolysis) is 1. The first-order valence-corrected chi connectivity index (χ1v) is 11.0. The van der Waals surface area contributed by atoms with Gasteiger partial charge in [-0.25, -0.2) is 9.18 Å². The Labute approximate surface area is 189 Å². The number of thioether (sulfide) groups is 1. The molecule has 3 rings (SSSR count). The quantitative estimate of drug-likeness (QED) is 0.435. The molecule has 0 saturated carbocycles. The van der Waals surface area contributed by atoms with Crippen LogP contribution >= 0.6 is 23.4 Å². The third kappa shape index (κ3) is 6.97. The van der Waals surface area contributed by atoms with Crippen LogP contribution < -0.4 is 5.32 Å². The molecule has 0 radical (unpaired) electrons. The van der Waals surface area contributed by atoms with Gasteiger partial charge in [-0.3, -0.25) is 0 Å². The van der Waals surface area contributed by atoms with Crippen LogP contribution in [-0.2, 0) is 16.9 Å². The summed E-state index contributed by atoms with van der Waals surface area (Å²) < 4.78 is 25.1. The Morgan fingerprint density at radius 2 is 1.94 bits per heavy atom. The zero-order valence-corrected chi connectivity index (χ0v) is 19.0. The Kier molecular flexibility index (Phi) is 7.56. The smallest absolute Gasteiger partial charge is 0.408 e. The summed E-state index contributed by atoms with van der Waals surface area (Å²) in [6.07, 6.45) is -0.148. The van der Waals surface area contributed by atoms with E-state index in [1.165, 1.54) is 17.8 Å². The molecule has 3 aromatic rings. The number of aromatic nitrogens is 2. The molecule has 0 bridgehead atoms. The number of halogens is 2. The number of benzene rings is 2. The zero-order chi connectivity index (χ0) is 22.4. The second kappa shape index (κ2) is 10.2. The SMILES string of the molecule is CC(C)(C)OC(=O)N[C@H](Cc1ccccc1)c1nnc(SCc2c(F)cccc2Cl)o1. The van der Waals surface area contributed by atoms with E-state index in [2.05, 4.69) is 15.5 Å². The monoisotopic (exact) mass is 463 g/mol. The van der Waals surface area contributed by atoms with Crippen molar-refractivity contribution in [3.05, 3.63) is 76.4 Å². The van der Waals surface area contributed by atoms with Crippen LogP contribution in [0.25, 0.3) is 0 Å². The van der Waals surface area contributed by atoms with E-state index < -0.39 is 23.6 Å². The summed E-state index contributed by atoms with van der Waals surface area (Å²) in [5.74, 6) is 0.0702. The third-order valence-electron chi connectivity index (χ3n) is 4.10. The van der Waals surface area contributed by atoms with E-state index in [0.717, 1.165) is 5.56 Å². The number of amides is 1. The highest BCUT2D eigenvalue weighted by atomic mass is 35.5. The number of nitrogens with zero attached hydrogens (tertiary/aromatic N) is 2. The molecule has 1 N–H and O–H groups in total. The van der Waals surface area contributed by atoms with Gasteiger partial charge in [0.05, 0.1) is 0 Å². The molecule has 164 valence electrons. The normalized spacial score (nSPS) is 12.4. The van der Waals surface area contributed by atoms with Crippen LogP contribution in [0.2, 0.25) is 5.02 Å². The van der Waals surface area contributed by atoms with Crippen molar-refractivity contribution >= 4 is 29.5 Å². The number of ether oxygens (including phenoxy) is 1. The van der Waals surface area contributed by atoms with Gasteiger partial charge in [-0.05, 0) is 38.5 Å². The van der Waals surface area contributed by atoms with Crippen molar-refractivity contribution < 1.29 is 18.3 Å². The Balaban J connectivity index is 1.74. The molecule has 31 heavy (non-hydrogen) atoms. The van der Waals surface area contributed by atoms with Crippen molar-refractivity contribution in [2.24, 2.45) is 0 Å². The molecule has 0 aliphatic rings. The highest BCUT2D eigenvalue weighted by Gasteiger charge is 2.25. The summed E-state index contributed by atoms with van der Waals surface area (Å²) in [5, 5.41) is 11.5. The second-order valence-electron chi connectivity index (χ2n) is 7.78. The van der Waals surface area contributed by atoms with Crippen LogP contribution in [0.1, 0.15) is 43.8 Å². The van der Waals surface area contributed by atoms with Crippen molar-refractivity contribution in [2.75, 3.05) is 0 Å². The Morgan fingerprint density at radius 3 is 2.61 bits per heavy atom. The molecule has 1 aromatic heterocycles. The predicted octanol–water partition coefficient (Wildman–Crippen LogP) is 5.96. The molecule has 0 aliphatic heterocycles. The number of rotatable bonds is 7. The third-order valence-corrected chi connectivity index (χ3v) is 5.29. The van der Waals surface area contributed by atoms with Crippen molar-refractivity contribution in [3.8, 4) is 0 Å². The molecule has 6 nitrogen and oxygen atoms in total. The van der Waals surface area contributed by atoms with Crippen LogP contribution in [0.4, 0.5) is 9.18 Å². The lowest BCUT2D eigenvalue weighted by Crippen LogP contribution is -2.36. The molecule has 0 unspecified atom stereocenters. The minimum Gasteiger partial charge on any atom is -0.444 e.